The fourth-order valence-corrected chi connectivity index (χ4v) is 0. The SMILES string of the molecule is [2H]C(Cl)(Cl)C(=O)O. The van der Waals surface area contributed by atoms with Crippen molar-refractivity contribution in [2.75, 3.05) is 0 Å². The van der Waals surface area contributed by atoms with E-state index in [0.29, 0.717) is 0 Å². The summed E-state index contributed by atoms with van der Waals surface area (Å²) in [6, 6.07) is 0. The number of alkyl halides is 2. The van der Waals surface area contributed by atoms with Gasteiger partial charge in [-0.25, -0.2) is 4.79 Å². The van der Waals surface area contributed by atoms with Crippen LogP contribution in [0.25, 0.3) is 0 Å². The Bertz CT molecular complexity index is 86.2. The van der Waals surface area contributed by atoms with Crippen molar-refractivity contribution in [1.82, 2.24) is 0 Å². The summed E-state index contributed by atoms with van der Waals surface area (Å²) in [5.74, 6) is -1.56. The molecular formula is C2H2Cl2O2. The van der Waals surface area contributed by atoms with Crippen LogP contribution in [0.5, 0.6) is 0 Å². The van der Waals surface area contributed by atoms with Crippen LogP contribution in [0.15, 0.2) is 0 Å². The number of rotatable bonds is 1. The first-order valence-corrected chi connectivity index (χ1v) is 1.81. The average molecular weight is 130 g/mol. The molecule has 0 radical (unpaired) electrons. The van der Waals surface area contributed by atoms with Gasteiger partial charge in [0.15, 0.2) is 0 Å². The molecule has 0 aromatic carbocycles. The van der Waals surface area contributed by atoms with Gasteiger partial charge in [0.05, 0.1) is 1.37 Å². The van der Waals surface area contributed by atoms with Gasteiger partial charge in [-0.05, 0) is 0 Å². The van der Waals surface area contributed by atoms with E-state index >= 15 is 0 Å². The van der Waals surface area contributed by atoms with Crippen molar-refractivity contribution >= 4 is 29.2 Å². The van der Waals surface area contributed by atoms with Gasteiger partial charge >= 0.3 is 5.97 Å². The van der Waals surface area contributed by atoms with Crippen molar-refractivity contribution in [1.29, 1.82) is 0 Å². The topological polar surface area (TPSA) is 37.3 Å². The van der Waals surface area contributed by atoms with E-state index in [1.807, 2.05) is 0 Å². The first kappa shape index (κ1) is 4.22. The molecule has 0 unspecified atom stereocenters. The Morgan fingerprint density at radius 1 is 2.00 bits per heavy atom. The molecule has 1 N–H and O–H groups in total. The normalized spacial score (nSPS) is 13.3. The Hall–Kier alpha value is 0.0500. The zero-order valence-electron chi connectivity index (χ0n) is 3.61. The van der Waals surface area contributed by atoms with Crippen LogP contribution >= 0.6 is 23.2 Å². The standard InChI is InChI=1S/C2H2Cl2O2/c3-1(4)2(5)6/h1H,(H,5,6)/i1D. The number of halogens is 2. The lowest BCUT2D eigenvalue weighted by molar-refractivity contribution is -0.135. The molecule has 36 valence electrons. The van der Waals surface area contributed by atoms with E-state index < -0.39 is 10.8 Å². The lowest BCUT2D eigenvalue weighted by Gasteiger charge is -1.84. The molecule has 0 amide bonds. The van der Waals surface area contributed by atoms with E-state index in [1.54, 1.807) is 0 Å². The second-order valence-electron chi connectivity index (χ2n) is 0.566. The second kappa shape index (κ2) is 2.26. The van der Waals surface area contributed by atoms with Gasteiger partial charge in [-0.3, -0.25) is 0 Å². The van der Waals surface area contributed by atoms with Gasteiger partial charge in [0, 0.05) is 0 Å². The highest BCUT2D eigenvalue weighted by atomic mass is 35.5. The Morgan fingerprint density at radius 3 is 2.17 bits per heavy atom. The largest absolute Gasteiger partial charge is 0.479 e. The van der Waals surface area contributed by atoms with Crippen LogP contribution in [-0.4, -0.2) is 15.9 Å². The Labute approximate surface area is 46.1 Å². The van der Waals surface area contributed by atoms with E-state index in [0.717, 1.165) is 0 Å². The lowest BCUT2D eigenvalue weighted by Crippen LogP contribution is -2.03. The van der Waals surface area contributed by atoms with Gasteiger partial charge in [0.2, 0.25) is 4.81 Å². The Balaban J connectivity index is 3.79. The molecule has 0 aliphatic heterocycles. The summed E-state index contributed by atoms with van der Waals surface area (Å²) in [4.78, 5) is 7.18. The molecule has 0 aromatic heterocycles. The molecule has 2 nitrogen and oxygen atoms in total. The van der Waals surface area contributed by atoms with Crippen LogP contribution < -0.4 is 0 Å². The molecule has 0 aliphatic carbocycles. The number of carboxylic acids is 1. The first-order chi connectivity index (χ1) is 2.94. The number of hydrogen-bond donors (Lipinski definition) is 1. The third-order valence-electron chi connectivity index (χ3n) is 0.162. The smallest absolute Gasteiger partial charge is 0.337 e. The lowest BCUT2D eigenvalue weighted by atomic mass is 10.8. The molecule has 4 heteroatoms. The molecule has 0 saturated carbocycles. The quantitative estimate of drug-likeness (QED) is 0.534. The van der Waals surface area contributed by atoms with Crippen molar-refractivity contribution in [3.8, 4) is 0 Å². The molecule has 0 spiro atoms. The van der Waals surface area contributed by atoms with Gasteiger partial charge in [0.25, 0.3) is 0 Å². The molecule has 0 bridgehead atoms. The van der Waals surface area contributed by atoms with E-state index in [1.165, 1.54) is 0 Å². The third-order valence-corrected chi connectivity index (χ3v) is 0.485. The molecule has 6 heavy (non-hydrogen) atoms. The van der Waals surface area contributed by atoms with E-state index in [4.69, 9.17) is 29.7 Å². The minimum absolute atomic E-state index is 1.56. The van der Waals surface area contributed by atoms with Gasteiger partial charge in [-0.2, -0.15) is 0 Å². The van der Waals surface area contributed by atoms with Crippen LogP contribution in [0.1, 0.15) is 1.37 Å². The van der Waals surface area contributed by atoms with Crippen molar-refractivity contribution in [3.05, 3.63) is 0 Å². The van der Waals surface area contributed by atoms with Gasteiger partial charge in [-0.1, -0.05) is 23.2 Å². The number of carboxylic acid groups (broad SMARTS) is 1. The predicted octanol–water partition coefficient (Wildman–Crippen LogP) is 0.875. The summed E-state index contributed by atoms with van der Waals surface area (Å²) < 4.78 is 6.32. The van der Waals surface area contributed by atoms with Crippen LogP contribution in [0.4, 0.5) is 0 Å². The van der Waals surface area contributed by atoms with Gasteiger partial charge in [0.1, 0.15) is 0 Å². The van der Waals surface area contributed by atoms with E-state index in [-0.39, 0.29) is 0 Å². The van der Waals surface area contributed by atoms with Crippen molar-refractivity contribution < 1.29 is 11.3 Å². The van der Waals surface area contributed by atoms with E-state index in [2.05, 4.69) is 0 Å². The first-order valence-electron chi connectivity index (χ1n) is 1.56. The molecule has 0 rings (SSSR count). The maximum Gasteiger partial charge on any atom is 0.337 e. The fraction of sp³-hybridized carbons (Fsp3) is 0.500. The monoisotopic (exact) mass is 129 g/mol. The molecule has 0 aromatic rings. The van der Waals surface area contributed by atoms with Crippen LogP contribution in [-0.2, 0) is 4.79 Å². The Morgan fingerprint density at radius 2 is 2.17 bits per heavy atom. The molecule has 0 saturated heterocycles. The van der Waals surface area contributed by atoms with Crippen molar-refractivity contribution in [3.63, 3.8) is 0 Å². The molecule has 0 aliphatic rings. The van der Waals surface area contributed by atoms with Gasteiger partial charge < -0.3 is 5.11 Å². The molecule has 0 fully saturated rings. The van der Waals surface area contributed by atoms with Crippen LogP contribution in [0.2, 0.25) is 0 Å². The van der Waals surface area contributed by atoms with Crippen LogP contribution in [0.3, 0.4) is 0 Å². The zero-order chi connectivity index (χ0) is 6.08. The summed E-state index contributed by atoms with van der Waals surface area (Å²) >= 11 is 9.40. The highest BCUT2D eigenvalue weighted by molar-refractivity contribution is 6.52. The molecule has 0 atom stereocenters. The summed E-state index contributed by atoms with van der Waals surface area (Å²) in [6.45, 7) is 0. The van der Waals surface area contributed by atoms with Crippen molar-refractivity contribution in [2.45, 2.75) is 4.81 Å². The fourth-order valence-electron chi connectivity index (χ4n) is 0. The number of hydrogen-bond acceptors (Lipinski definition) is 1. The van der Waals surface area contributed by atoms with E-state index in [9.17, 15) is 4.79 Å². The second-order valence-corrected chi connectivity index (χ2v) is 1.51. The highest BCUT2D eigenvalue weighted by Crippen LogP contribution is 1.98. The van der Waals surface area contributed by atoms with Gasteiger partial charge in [-0.15, -0.1) is 0 Å². The minimum Gasteiger partial charge on any atom is -0.479 e. The zero-order valence-corrected chi connectivity index (χ0v) is 4.12. The van der Waals surface area contributed by atoms with Crippen LogP contribution in [0, 0.1) is 0 Å². The summed E-state index contributed by atoms with van der Waals surface area (Å²) in [6.07, 6.45) is 0. The minimum atomic E-state index is -2.39. The predicted molar refractivity (Wildman–Crippen MR) is 23.1 cm³/mol. The number of aliphatic carboxylic acids is 1. The number of carbonyl (C=O) groups is 1. The maximum absolute atomic E-state index is 9.57. The average Bonchev–Trinajstić information content (AvgIpc) is 1.31. The molecular weight excluding hydrogens is 127 g/mol. The van der Waals surface area contributed by atoms with Crippen molar-refractivity contribution in [2.24, 2.45) is 0 Å². The molecule has 0 heterocycles. The highest BCUT2D eigenvalue weighted by Gasteiger charge is 2.05. The third kappa shape index (κ3) is 2.30. The summed E-state index contributed by atoms with van der Waals surface area (Å²) in [5.41, 5.74) is 0. The Kier molecular flexibility index (Phi) is 1.59. The summed E-state index contributed by atoms with van der Waals surface area (Å²) in [5, 5.41) is 7.80. The maximum atomic E-state index is 9.57. The summed E-state index contributed by atoms with van der Waals surface area (Å²) in [7, 11) is 0.